The molecule has 0 aliphatic carbocycles. The molecule has 4 nitrogen and oxygen atoms in total. The zero-order chi connectivity index (χ0) is 13.7. The molecule has 1 unspecified atom stereocenters. The molecule has 1 aromatic carbocycles. The lowest BCUT2D eigenvalue weighted by Gasteiger charge is -2.16. The molecule has 0 aromatic heterocycles. The van der Waals surface area contributed by atoms with Crippen molar-refractivity contribution in [2.75, 3.05) is 11.1 Å². The number of anilines is 1. The van der Waals surface area contributed by atoms with Crippen LogP contribution in [0, 0.1) is 12.7 Å². The maximum Gasteiger partial charge on any atom is 0.247 e. The number of amides is 2. The quantitative estimate of drug-likeness (QED) is 0.726. The third-order valence-corrected chi connectivity index (χ3v) is 2.70. The summed E-state index contributed by atoms with van der Waals surface area (Å²) in [6.45, 7) is 3.07. The fraction of sp³-hybridized carbons (Fsp3) is 0.333. The first-order chi connectivity index (χ1) is 8.43. The van der Waals surface area contributed by atoms with E-state index in [1.54, 1.807) is 13.0 Å². The number of rotatable bonds is 4. The second-order valence-electron chi connectivity index (χ2n) is 3.88. The number of halogens is 1. The van der Waals surface area contributed by atoms with Crippen molar-refractivity contribution in [1.82, 2.24) is 5.32 Å². The summed E-state index contributed by atoms with van der Waals surface area (Å²) in [6, 6.07) is 3.37. The second kappa shape index (κ2) is 6.39. The highest BCUT2D eigenvalue weighted by Gasteiger charge is 2.18. The molecule has 1 atom stereocenters. The van der Waals surface area contributed by atoms with Crippen LogP contribution in [0.25, 0.3) is 0 Å². The third kappa shape index (κ3) is 4.03. The van der Waals surface area contributed by atoms with Crippen molar-refractivity contribution in [3.05, 3.63) is 29.6 Å². The van der Waals surface area contributed by atoms with E-state index in [1.807, 2.05) is 0 Å². The largest absolute Gasteiger partial charge is 0.344 e. The molecule has 0 radical (unpaired) electrons. The Labute approximate surface area is 110 Å². The lowest BCUT2D eigenvalue weighted by molar-refractivity contribution is -0.124. The molecule has 0 saturated carbocycles. The SMILES string of the molecule is CC(=O)NC(CS)C(=O)Nc1cc(F)ccc1C. The Balaban J connectivity index is 2.79. The van der Waals surface area contributed by atoms with Gasteiger partial charge in [-0.1, -0.05) is 6.07 Å². The smallest absolute Gasteiger partial charge is 0.247 e. The molecule has 18 heavy (non-hydrogen) atoms. The second-order valence-corrected chi connectivity index (χ2v) is 4.25. The van der Waals surface area contributed by atoms with Gasteiger partial charge in [0.05, 0.1) is 0 Å². The molecule has 98 valence electrons. The summed E-state index contributed by atoms with van der Waals surface area (Å²) in [5, 5.41) is 5.03. The van der Waals surface area contributed by atoms with Gasteiger partial charge < -0.3 is 10.6 Å². The average molecular weight is 270 g/mol. The van der Waals surface area contributed by atoms with Crippen molar-refractivity contribution in [2.24, 2.45) is 0 Å². The molecule has 0 heterocycles. The standard InChI is InChI=1S/C12H15FN2O2S/c1-7-3-4-9(13)5-10(7)15-12(17)11(6-18)14-8(2)16/h3-5,11,18H,6H2,1-2H3,(H,14,16)(H,15,17). The van der Waals surface area contributed by atoms with Gasteiger partial charge >= 0.3 is 0 Å². The molecule has 1 aromatic rings. The topological polar surface area (TPSA) is 58.2 Å². The Bertz CT molecular complexity index is 465. The van der Waals surface area contributed by atoms with Gasteiger partial charge in [0, 0.05) is 18.4 Å². The van der Waals surface area contributed by atoms with E-state index in [9.17, 15) is 14.0 Å². The van der Waals surface area contributed by atoms with E-state index < -0.39 is 17.8 Å². The van der Waals surface area contributed by atoms with E-state index in [4.69, 9.17) is 0 Å². The lowest BCUT2D eigenvalue weighted by atomic mass is 10.2. The highest BCUT2D eigenvalue weighted by atomic mass is 32.1. The summed E-state index contributed by atoms with van der Waals surface area (Å²) in [4.78, 5) is 22.8. The van der Waals surface area contributed by atoms with Gasteiger partial charge in [0.25, 0.3) is 0 Å². The van der Waals surface area contributed by atoms with Crippen molar-refractivity contribution < 1.29 is 14.0 Å². The molecular formula is C12H15FN2O2S. The van der Waals surface area contributed by atoms with Crippen LogP contribution < -0.4 is 10.6 Å². The van der Waals surface area contributed by atoms with Gasteiger partial charge in [0.2, 0.25) is 11.8 Å². The molecule has 0 aliphatic heterocycles. The van der Waals surface area contributed by atoms with Crippen LogP contribution in [0.15, 0.2) is 18.2 Å². The molecule has 0 saturated heterocycles. The minimum atomic E-state index is -0.742. The van der Waals surface area contributed by atoms with Gasteiger partial charge in [-0.3, -0.25) is 9.59 Å². The third-order valence-electron chi connectivity index (χ3n) is 2.33. The molecule has 0 fully saturated rings. The van der Waals surface area contributed by atoms with Crippen molar-refractivity contribution in [2.45, 2.75) is 19.9 Å². The minimum Gasteiger partial charge on any atom is -0.344 e. The Kier molecular flexibility index (Phi) is 5.15. The van der Waals surface area contributed by atoms with Crippen molar-refractivity contribution in [3.8, 4) is 0 Å². The normalized spacial score (nSPS) is 11.8. The van der Waals surface area contributed by atoms with Crippen molar-refractivity contribution in [1.29, 1.82) is 0 Å². The van der Waals surface area contributed by atoms with Crippen molar-refractivity contribution >= 4 is 30.1 Å². The predicted octanol–water partition coefficient (Wildman–Crippen LogP) is 1.51. The summed E-state index contributed by atoms with van der Waals surface area (Å²) >= 11 is 3.99. The first-order valence-electron chi connectivity index (χ1n) is 5.39. The van der Waals surface area contributed by atoms with Gasteiger partial charge in [0.1, 0.15) is 11.9 Å². The van der Waals surface area contributed by atoms with Crippen LogP contribution in [-0.4, -0.2) is 23.6 Å². The number of carbonyl (C=O) groups is 2. The molecule has 0 aliphatic rings. The molecule has 0 bridgehead atoms. The Morgan fingerprint density at radius 1 is 1.44 bits per heavy atom. The molecule has 2 amide bonds. The lowest BCUT2D eigenvalue weighted by Crippen LogP contribution is -2.44. The Hall–Kier alpha value is -1.56. The van der Waals surface area contributed by atoms with Gasteiger partial charge in [-0.25, -0.2) is 4.39 Å². The number of hydrogen-bond acceptors (Lipinski definition) is 3. The van der Waals surface area contributed by atoms with Crippen molar-refractivity contribution in [3.63, 3.8) is 0 Å². The van der Waals surface area contributed by atoms with Crippen LogP contribution in [-0.2, 0) is 9.59 Å². The first kappa shape index (κ1) is 14.5. The summed E-state index contributed by atoms with van der Waals surface area (Å²) in [5.41, 5.74) is 1.13. The Morgan fingerprint density at radius 3 is 2.67 bits per heavy atom. The molecule has 0 spiro atoms. The van der Waals surface area contributed by atoms with E-state index in [2.05, 4.69) is 23.3 Å². The van der Waals surface area contributed by atoms with Crippen LogP contribution >= 0.6 is 12.6 Å². The fourth-order valence-corrected chi connectivity index (χ4v) is 1.65. The molecule has 1 rings (SSSR count). The van der Waals surface area contributed by atoms with Gasteiger partial charge in [0.15, 0.2) is 0 Å². The monoisotopic (exact) mass is 270 g/mol. The summed E-state index contributed by atoms with van der Waals surface area (Å²) in [7, 11) is 0. The summed E-state index contributed by atoms with van der Waals surface area (Å²) < 4.78 is 13.1. The van der Waals surface area contributed by atoms with E-state index in [1.165, 1.54) is 19.1 Å². The number of hydrogen-bond donors (Lipinski definition) is 3. The van der Waals surface area contributed by atoms with Crippen LogP contribution in [0.1, 0.15) is 12.5 Å². The highest BCUT2D eigenvalue weighted by Crippen LogP contribution is 2.16. The van der Waals surface area contributed by atoms with Crippen LogP contribution in [0.3, 0.4) is 0 Å². The Morgan fingerprint density at radius 2 is 2.11 bits per heavy atom. The van der Waals surface area contributed by atoms with E-state index >= 15 is 0 Å². The molecular weight excluding hydrogens is 255 g/mol. The number of carbonyl (C=O) groups excluding carboxylic acids is 2. The van der Waals surface area contributed by atoms with Gasteiger partial charge in [-0.05, 0) is 24.6 Å². The highest BCUT2D eigenvalue weighted by molar-refractivity contribution is 7.80. The maximum absolute atomic E-state index is 13.1. The zero-order valence-corrected chi connectivity index (χ0v) is 11.1. The van der Waals surface area contributed by atoms with E-state index in [0.717, 1.165) is 5.56 Å². The molecule has 6 heteroatoms. The average Bonchev–Trinajstić information content (AvgIpc) is 2.30. The number of nitrogens with one attached hydrogen (secondary N) is 2. The first-order valence-corrected chi connectivity index (χ1v) is 6.02. The van der Waals surface area contributed by atoms with Crippen LogP contribution in [0.2, 0.25) is 0 Å². The minimum absolute atomic E-state index is 0.166. The predicted molar refractivity (Wildman–Crippen MR) is 71.2 cm³/mol. The van der Waals surface area contributed by atoms with Gasteiger partial charge in [-0.15, -0.1) is 0 Å². The maximum atomic E-state index is 13.1. The fourth-order valence-electron chi connectivity index (χ4n) is 1.39. The number of aryl methyl sites for hydroxylation is 1. The summed E-state index contributed by atoms with van der Waals surface area (Å²) in [5.74, 6) is -1.01. The number of benzene rings is 1. The number of thiol groups is 1. The molecule has 2 N–H and O–H groups in total. The zero-order valence-electron chi connectivity index (χ0n) is 10.2. The summed E-state index contributed by atoms with van der Waals surface area (Å²) in [6.07, 6.45) is 0. The van der Waals surface area contributed by atoms with E-state index in [-0.39, 0.29) is 11.7 Å². The van der Waals surface area contributed by atoms with Crippen LogP contribution in [0.5, 0.6) is 0 Å². The van der Waals surface area contributed by atoms with E-state index in [0.29, 0.717) is 5.69 Å². The van der Waals surface area contributed by atoms with Gasteiger partial charge in [-0.2, -0.15) is 12.6 Å². The van der Waals surface area contributed by atoms with Crippen LogP contribution in [0.4, 0.5) is 10.1 Å².